The van der Waals surface area contributed by atoms with Crippen molar-refractivity contribution in [3.8, 4) is 0 Å². The van der Waals surface area contributed by atoms with E-state index in [0.717, 1.165) is 0 Å². The number of rotatable bonds is 9. The number of carboxylic acid groups (broad SMARTS) is 2. The molecule has 9 nitrogen and oxygen atoms in total. The molecule has 10 heteroatoms. The lowest BCUT2D eigenvalue weighted by Crippen LogP contribution is -2.49. The molecule has 0 bridgehead atoms. The van der Waals surface area contributed by atoms with Crippen LogP contribution in [0.3, 0.4) is 0 Å². The van der Waals surface area contributed by atoms with Gasteiger partial charge in [-0.05, 0) is 6.42 Å². The number of nitrogens with one attached hydrogen (secondary N) is 2. The van der Waals surface area contributed by atoms with Gasteiger partial charge in [0.1, 0.15) is 6.04 Å². The minimum Gasteiger partial charge on any atom is -0.481 e. The SMILES string of the molecule is NC(CS)C(=O)NCC(=O)NC(CCC(=O)O)C(=O)O. The summed E-state index contributed by atoms with van der Waals surface area (Å²) in [5, 5.41) is 21.6. The molecule has 0 aliphatic rings. The summed E-state index contributed by atoms with van der Waals surface area (Å²) in [6.45, 7) is -0.447. The van der Waals surface area contributed by atoms with Crippen molar-refractivity contribution in [1.82, 2.24) is 10.6 Å². The number of nitrogens with two attached hydrogens (primary N) is 1. The summed E-state index contributed by atoms with van der Waals surface area (Å²) in [4.78, 5) is 43.8. The zero-order valence-electron chi connectivity index (χ0n) is 10.5. The van der Waals surface area contributed by atoms with Gasteiger partial charge in [0, 0.05) is 12.2 Å². The highest BCUT2D eigenvalue weighted by atomic mass is 32.1. The second kappa shape index (κ2) is 9.15. The van der Waals surface area contributed by atoms with Crippen LogP contribution in [0.15, 0.2) is 0 Å². The number of hydrogen-bond acceptors (Lipinski definition) is 6. The lowest BCUT2D eigenvalue weighted by molar-refractivity contribution is -0.142. The Balaban J connectivity index is 4.23. The first-order valence-electron chi connectivity index (χ1n) is 5.66. The molecule has 20 heavy (non-hydrogen) atoms. The summed E-state index contributed by atoms with van der Waals surface area (Å²) in [5.74, 6) is -3.75. The maximum atomic E-state index is 11.4. The molecular weight excluding hydrogens is 290 g/mol. The Labute approximate surface area is 120 Å². The first-order chi connectivity index (χ1) is 9.27. The third-order valence-electron chi connectivity index (χ3n) is 2.24. The van der Waals surface area contributed by atoms with Crippen LogP contribution in [0, 0.1) is 0 Å². The van der Waals surface area contributed by atoms with E-state index in [9.17, 15) is 19.2 Å². The molecule has 0 aliphatic heterocycles. The van der Waals surface area contributed by atoms with Crippen LogP contribution in [0.4, 0.5) is 0 Å². The van der Waals surface area contributed by atoms with Crippen LogP contribution in [0.1, 0.15) is 12.8 Å². The maximum Gasteiger partial charge on any atom is 0.326 e. The van der Waals surface area contributed by atoms with Crippen LogP contribution in [-0.2, 0) is 19.2 Å². The van der Waals surface area contributed by atoms with Gasteiger partial charge in [0.2, 0.25) is 11.8 Å². The summed E-state index contributed by atoms with van der Waals surface area (Å²) in [6, 6.07) is -2.19. The van der Waals surface area contributed by atoms with Gasteiger partial charge >= 0.3 is 11.9 Å². The number of hydrogen-bond donors (Lipinski definition) is 6. The molecule has 0 radical (unpaired) electrons. The van der Waals surface area contributed by atoms with E-state index < -0.39 is 48.8 Å². The summed E-state index contributed by atoms with van der Waals surface area (Å²) in [7, 11) is 0. The minimum absolute atomic E-state index is 0.101. The van der Waals surface area contributed by atoms with Crippen molar-refractivity contribution in [2.75, 3.05) is 12.3 Å². The predicted octanol–water partition coefficient (Wildman–Crippen LogP) is -2.21. The Morgan fingerprint density at radius 2 is 1.80 bits per heavy atom. The molecule has 6 N–H and O–H groups in total. The Hall–Kier alpha value is -1.81. The summed E-state index contributed by atoms with van der Waals surface area (Å²) in [5.41, 5.74) is 5.35. The summed E-state index contributed by atoms with van der Waals surface area (Å²) in [6.07, 6.45) is -0.644. The molecule has 0 aromatic rings. The first kappa shape index (κ1) is 18.2. The van der Waals surface area contributed by atoms with E-state index >= 15 is 0 Å². The highest BCUT2D eigenvalue weighted by Crippen LogP contribution is 1.97. The lowest BCUT2D eigenvalue weighted by atomic mass is 10.1. The third-order valence-corrected chi connectivity index (χ3v) is 2.63. The van der Waals surface area contributed by atoms with Crippen molar-refractivity contribution < 1.29 is 29.4 Å². The van der Waals surface area contributed by atoms with Gasteiger partial charge in [-0.3, -0.25) is 14.4 Å². The van der Waals surface area contributed by atoms with E-state index in [4.69, 9.17) is 15.9 Å². The average molecular weight is 307 g/mol. The van der Waals surface area contributed by atoms with E-state index in [0.29, 0.717) is 0 Å². The van der Waals surface area contributed by atoms with Crippen LogP contribution in [0.25, 0.3) is 0 Å². The topological polar surface area (TPSA) is 159 Å². The number of aliphatic carboxylic acids is 2. The first-order valence-corrected chi connectivity index (χ1v) is 6.29. The molecule has 0 heterocycles. The van der Waals surface area contributed by atoms with Crippen molar-refractivity contribution in [3.05, 3.63) is 0 Å². The van der Waals surface area contributed by atoms with E-state index in [-0.39, 0.29) is 12.2 Å². The highest BCUT2D eigenvalue weighted by molar-refractivity contribution is 7.80. The minimum atomic E-state index is -1.35. The molecular formula is C10H17N3O6S. The molecule has 2 amide bonds. The molecule has 2 unspecified atom stereocenters. The number of thiol groups is 1. The molecule has 0 aromatic heterocycles. The Bertz CT molecular complexity index is 389. The second-order valence-corrected chi connectivity index (χ2v) is 4.26. The fourth-order valence-corrected chi connectivity index (χ4v) is 1.32. The standard InChI is InChI=1S/C10H17N3O6S/c11-5(4-20)9(17)12-3-7(14)13-6(10(18)19)1-2-8(15)16/h5-6,20H,1-4,11H2,(H,12,17)(H,13,14)(H,15,16)(H,18,19). The molecule has 0 aliphatic carbocycles. The predicted molar refractivity (Wildman–Crippen MR) is 71.3 cm³/mol. The van der Waals surface area contributed by atoms with Crippen molar-refractivity contribution >= 4 is 36.4 Å². The van der Waals surface area contributed by atoms with Crippen LogP contribution < -0.4 is 16.4 Å². The number of carbonyl (C=O) groups excluding carboxylic acids is 2. The van der Waals surface area contributed by atoms with Crippen LogP contribution in [-0.4, -0.2) is 58.3 Å². The molecule has 0 aromatic carbocycles. The average Bonchev–Trinajstić information content (AvgIpc) is 2.39. The third kappa shape index (κ3) is 7.59. The molecule has 0 fully saturated rings. The number of carboxylic acids is 2. The second-order valence-electron chi connectivity index (χ2n) is 3.90. The van der Waals surface area contributed by atoms with Gasteiger partial charge < -0.3 is 26.6 Å². The van der Waals surface area contributed by atoms with Gasteiger partial charge in [0.15, 0.2) is 0 Å². The Morgan fingerprint density at radius 3 is 2.25 bits per heavy atom. The molecule has 0 saturated carbocycles. The fourth-order valence-electron chi connectivity index (χ4n) is 1.15. The maximum absolute atomic E-state index is 11.4. The van der Waals surface area contributed by atoms with Gasteiger partial charge in [-0.1, -0.05) is 0 Å². The van der Waals surface area contributed by atoms with Crippen LogP contribution in [0.5, 0.6) is 0 Å². The molecule has 0 spiro atoms. The van der Waals surface area contributed by atoms with Crippen molar-refractivity contribution in [2.24, 2.45) is 5.73 Å². The van der Waals surface area contributed by atoms with Gasteiger partial charge in [0.25, 0.3) is 0 Å². The normalized spacial score (nSPS) is 13.1. The number of amides is 2. The lowest BCUT2D eigenvalue weighted by Gasteiger charge is -2.14. The molecule has 0 rings (SSSR count). The molecule has 114 valence electrons. The van der Waals surface area contributed by atoms with E-state index in [2.05, 4.69) is 23.3 Å². The highest BCUT2D eigenvalue weighted by Gasteiger charge is 2.21. The van der Waals surface area contributed by atoms with Crippen LogP contribution in [0.2, 0.25) is 0 Å². The van der Waals surface area contributed by atoms with E-state index in [1.165, 1.54) is 0 Å². The largest absolute Gasteiger partial charge is 0.481 e. The molecule has 0 saturated heterocycles. The van der Waals surface area contributed by atoms with Crippen molar-refractivity contribution in [3.63, 3.8) is 0 Å². The van der Waals surface area contributed by atoms with Gasteiger partial charge in [-0.15, -0.1) is 0 Å². The van der Waals surface area contributed by atoms with Gasteiger partial charge in [-0.25, -0.2) is 4.79 Å². The molecule has 2 atom stereocenters. The number of carbonyl (C=O) groups is 4. The quantitative estimate of drug-likeness (QED) is 0.263. The van der Waals surface area contributed by atoms with Crippen molar-refractivity contribution in [1.29, 1.82) is 0 Å². The monoisotopic (exact) mass is 307 g/mol. The Morgan fingerprint density at radius 1 is 1.20 bits per heavy atom. The van der Waals surface area contributed by atoms with E-state index in [1.807, 2.05) is 0 Å². The van der Waals surface area contributed by atoms with Gasteiger partial charge in [-0.2, -0.15) is 12.6 Å². The summed E-state index contributed by atoms with van der Waals surface area (Å²) >= 11 is 3.81. The summed E-state index contributed by atoms with van der Waals surface area (Å²) < 4.78 is 0. The van der Waals surface area contributed by atoms with Crippen molar-refractivity contribution in [2.45, 2.75) is 24.9 Å². The zero-order chi connectivity index (χ0) is 15.7. The van der Waals surface area contributed by atoms with Gasteiger partial charge in [0.05, 0.1) is 12.6 Å². The fraction of sp³-hybridized carbons (Fsp3) is 0.600. The zero-order valence-corrected chi connectivity index (χ0v) is 11.4. The smallest absolute Gasteiger partial charge is 0.326 e. The van der Waals surface area contributed by atoms with Crippen LogP contribution >= 0.6 is 12.6 Å². The van der Waals surface area contributed by atoms with E-state index in [1.54, 1.807) is 0 Å². The Kier molecular flexibility index (Phi) is 8.32.